The SMILES string of the molecule is CCOC(=O)C1(C)N[C@H](c2ccc(-c3c(C)noc3C)cc2)C2C(=O)N(CC)C(=O)C21. The maximum absolute atomic E-state index is 13.1. The summed E-state index contributed by atoms with van der Waals surface area (Å²) in [5.74, 6) is -1.82. The molecule has 1 aromatic heterocycles. The minimum Gasteiger partial charge on any atom is -0.465 e. The summed E-state index contributed by atoms with van der Waals surface area (Å²) in [6.07, 6.45) is 0. The number of likely N-dealkylation sites (tertiary alicyclic amines) is 1. The Balaban J connectivity index is 1.73. The number of rotatable bonds is 5. The maximum atomic E-state index is 13.1. The lowest BCUT2D eigenvalue weighted by molar-refractivity contribution is -0.155. The Morgan fingerprint density at radius 1 is 1.19 bits per heavy atom. The first kappa shape index (κ1) is 21.2. The third-order valence-electron chi connectivity index (χ3n) is 6.49. The second kappa shape index (κ2) is 7.60. The van der Waals surface area contributed by atoms with Gasteiger partial charge in [0, 0.05) is 18.2 Å². The number of nitrogens with zero attached hydrogens (tertiary/aromatic N) is 2. The van der Waals surface area contributed by atoms with Crippen LogP contribution in [0, 0.1) is 25.7 Å². The molecule has 8 nitrogen and oxygen atoms in total. The monoisotopic (exact) mass is 425 g/mol. The Morgan fingerprint density at radius 2 is 1.87 bits per heavy atom. The van der Waals surface area contributed by atoms with Crippen molar-refractivity contribution in [3.8, 4) is 11.1 Å². The van der Waals surface area contributed by atoms with Gasteiger partial charge in [0.15, 0.2) is 0 Å². The molecule has 0 aliphatic carbocycles. The van der Waals surface area contributed by atoms with Crippen LogP contribution in [0.3, 0.4) is 0 Å². The number of benzene rings is 1. The molecule has 4 rings (SSSR count). The topological polar surface area (TPSA) is 102 Å². The lowest BCUT2D eigenvalue weighted by atomic mass is 9.80. The van der Waals surface area contributed by atoms with E-state index in [9.17, 15) is 14.4 Å². The average Bonchev–Trinajstić information content (AvgIpc) is 3.34. The number of hydrogen-bond donors (Lipinski definition) is 1. The van der Waals surface area contributed by atoms with E-state index in [1.807, 2.05) is 38.1 Å². The fraction of sp³-hybridized carbons (Fsp3) is 0.478. The molecule has 8 heteroatoms. The molecule has 4 atom stereocenters. The standard InChI is InChI=1S/C23H27N3O5/c1-6-26-20(27)17-18(21(26)28)23(5,22(29)30-7-2)24-19(17)15-10-8-14(9-11-15)16-12(3)25-31-13(16)4/h8-11,17-19,24H,6-7H2,1-5H3/t17?,18?,19-,23?/m1/s1. The fourth-order valence-electron chi connectivity index (χ4n) is 5.02. The van der Waals surface area contributed by atoms with E-state index in [1.54, 1.807) is 20.8 Å². The van der Waals surface area contributed by atoms with Gasteiger partial charge in [-0.25, -0.2) is 0 Å². The minimum absolute atomic E-state index is 0.198. The number of ether oxygens (including phenoxy) is 1. The van der Waals surface area contributed by atoms with Crippen LogP contribution in [0.25, 0.3) is 11.1 Å². The third kappa shape index (κ3) is 3.08. The number of imide groups is 1. The molecule has 3 unspecified atom stereocenters. The first-order chi connectivity index (χ1) is 14.7. The molecule has 164 valence electrons. The molecule has 2 fully saturated rings. The highest BCUT2D eigenvalue weighted by atomic mass is 16.5. The van der Waals surface area contributed by atoms with E-state index in [0.717, 1.165) is 28.1 Å². The van der Waals surface area contributed by atoms with Crippen LogP contribution in [0.2, 0.25) is 0 Å². The van der Waals surface area contributed by atoms with Crippen molar-refractivity contribution in [2.45, 2.75) is 46.2 Å². The lowest BCUT2D eigenvalue weighted by Gasteiger charge is -2.29. The third-order valence-corrected chi connectivity index (χ3v) is 6.49. The number of amides is 2. The number of aromatic nitrogens is 1. The molecular formula is C23H27N3O5. The molecule has 1 N–H and O–H groups in total. The van der Waals surface area contributed by atoms with Crippen molar-refractivity contribution < 1.29 is 23.6 Å². The van der Waals surface area contributed by atoms with Crippen LogP contribution >= 0.6 is 0 Å². The molecule has 3 heterocycles. The van der Waals surface area contributed by atoms with Crippen molar-refractivity contribution in [3.05, 3.63) is 41.3 Å². The first-order valence-corrected chi connectivity index (χ1v) is 10.6. The average molecular weight is 425 g/mol. The zero-order valence-corrected chi connectivity index (χ0v) is 18.4. The summed E-state index contributed by atoms with van der Waals surface area (Å²) in [4.78, 5) is 40.3. The van der Waals surface area contributed by atoms with E-state index in [1.165, 1.54) is 4.90 Å². The number of carbonyl (C=O) groups is 3. The van der Waals surface area contributed by atoms with Gasteiger partial charge >= 0.3 is 5.97 Å². The molecule has 0 saturated carbocycles. The zero-order valence-electron chi connectivity index (χ0n) is 18.4. The summed E-state index contributed by atoms with van der Waals surface area (Å²) in [5.41, 5.74) is 2.24. The van der Waals surface area contributed by atoms with Crippen molar-refractivity contribution in [3.63, 3.8) is 0 Å². The summed E-state index contributed by atoms with van der Waals surface area (Å²) < 4.78 is 10.5. The van der Waals surface area contributed by atoms with Gasteiger partial charge in [-0.15, -0.1) is 0 Å². The van der Waals surface area contributed by atoms with Crippen molar-refractivity contribution >= 4 is 17.8 Å². The van der Waals surface area contributed by atoms with E-state index in [-0.39, 0.29) is 25.0 Å². The maximum Gasteiger partial charge on any atom is 0.326 e. The molecule has 2 aromatic rings. The summed E-state index contributed by atoms with van der Waals surface area (Å²) in [5, 5.41) is 7.28. The normalized spacial score (nSPS) is 27.6. The van der Waals surface area contributed by atoms with E-state index in [2.05, 4.69) is 10.5 Å². The van der Waals surface area contributed by atoms with Gasteiger partial charge in [-0.2, -0.15) is 0 Å². The first-order valence-electron chi connectivity index (χ1n) is 10.6. The molecule has 31 heavy (non-hydrogen) atoms. The Kier molecular flexibility index (Phi) is 5.21. The molecule has 2 aliphatic rings. The number of esters is 1. The Labute approximate surface area is 180 Å². The molecular weight excluding hydrogens is 398 g/mol. The van der Waals surface area contributed by atoms with E-state index in [4.69, 9.17) is 9.26 Å². The van der Waals surface area contributed by atoms with Crippen LogP contribution in [0.1, 0.15) is 43.8 Å². The van der Waals surface area contributed by atoms with Gasteiger partial charge in [-0.3, -0.25) is 24.6 Å². The number of nitrogens with one attached hydrogen (secondary N) is 1. The van der Waals surface area contributed by atoms with Crippen molar-refractivity contribution in [1.82, 2.24) is 15.4 Å². The van der Waals surface area contributed by atoms with Crippen LogP contribution in [0.5, 0.6) is 0 Å². The van der Waals surface area contributed by atoms with E-state index >= 15 is 0 Å². The van der Waals surface area contributed by atoms with Crippen LogP contribution in [-0.4, -0.2) is 46.5 Å². The highest BCUT2D eigenvalue weighted by Crippen LogP contribution is 2.49. The van der Waals surface area contributed by atoms with Crippen LogP contribution < -0.4 is 5.32 Å². The van der Waals surface area contributed by atoms with Crippen molar-refractivity contribution in [2.24, 2.45) is 11.8 Å². The predicted molar refractivity (Wildman–Crippen MR) is 112 cm³/mol. The van der Waals surface area contributed by atoms with Gasteiger partial charge in [0.05, 0.1) is 24.1 Å². The molecule has 2 aliphatic heterocycles. The van der Waals surface area contributed by atoms with Gasteiger partial charge in [0.25, 0.3) is 0 Å². The molecule has 2 amide bonds. The van der Waals surface area contributed by atoms with Gasteiger partial charge in [0.1, 0.15) is 11.3 Å². The minimum atomic E-state index is -1.28. The second-order valence-electron chi connectivity index (χ2n) is 8.29. The number of hydrogen-bond acceptors (Lipinski definition) is 7. The summed E-state index contributed by atoms with van der Waals surface area (Å²) >= 11 is 0. The van der Waals surface area contributed by atoms with Crippen LogP contribution in [0.15, 0.2) is 28.8 Å². The number of fused-ring (bicyclic) bond motifs is 1. The van der Waals surface area contributed by atoms with Gasteiger partial charge in [0.2, 0.25) is 11.8 Å². The Bertz CT molecular complexity index is 1020. The van der Waals surface area contributed by atoms with Crippen molar-refractivity contribution in [1.29, 1.82) is 0 Å². The summed E-state index contributed by atoms with van der Waals surface area (Å²) in [7, 11) is 0. The van der Waals surface area contributed by atoms with Crippen LogP contribution in [-0.2, 0) is 19.1 Å². The summed E-state index contributed by atoms with van der Waals surface area (Å²) in [6.45, 7) is 9.36. The van der Waals surface area contributed by atoms with Crippen LogP contribution in [0.4, 0.5) is 0 Å². The van der Waals surface area contributed by atoms with Gasteiger partial charge < -0.3 is 9.26 Å². The highest BCUT2D eigenvalue weighted by Gasteiger charge is 2.66. The molecule has 2 saturated heterocycles. The second-order valence-corrected chi connectivity index (χ2v) is 8.29. The molecule has 1 aromatic carbocycles. The highest BCUT2D eigenvalue weighted by molar-refractivity contribution is 6.09. The fourth-order valence-corrected chi connectivity index (χ4v) is 5.02. The zero-order chi connectivity index (χ0) is 22.5. The summed E-state index contributed by atoms with van der Waals surface area (Å²) in [6, 6.07) is 7.24. The van der Waals surface area contributed by atoms with Gasteiger partial charge in [-0.05, 0) is 45.7 Å². The largest absolute Gasteiger partial charge is 0.465 e. The van der Waals surface area contributed by atoms with Crippen molar-refractivity contribution in [2.75, 3.05) is 13.2 Å². The quantitative estimate of drug-likeness (QED) is 0.580. The van der Waals surface area contributed by atoms with E-state index in [0.29, 0.717) is 0 Å². The Morgan fingerprint density at radius 3 is 2.42 bits per heavy atom. The lowest BCUT2D eigenvalue weighted by Crippen LogP contribution is -2.54. The van der Waals surface area contributed by atoms with Gasteiger partial charge in [-0.1, -0.05) is 29.4 Å². The number of aryl methyl sites for hydroxylation is 2. The van der Waals surface area contributed by atoms with E-state index < -0.39 is 29.4 Å². The predicted octanol–water partition coefficient (Wildman–Crippen LogP) is 2.55. The Hall–Kier alpha value is -3.00. The molecule has 0 spiro atoms. The molecule has 0 bridgehead atoms. The molecule has 0 radical (unpaired) electrons. The number of carbonyl (C=O) groups excluding carboxylic acids is 3. The smallest absolute Gasteiger partial charge is 0.326 e.